The number of nitrogens with zero attached hydrogens (tertiary/aromatic N) is 4. The van der Waals surface area contributed by atoms with Gasteiger partial charge >= 0.3 is 6.03 Å². The molecule has 7 nitrogen and oxygen atoms in total. The molecular formula is C30H27N5O2. The summed E-state index contributed by atoms with van der Waals surface area (Å²) < 4.78 is 7.53. The van der Waals surface area contributed by atoms with E-state index in [1.165, 1.54) is 0 Å². The standard InChI is InChI=1S/C30H27N5O2/c1-37-25-17-22(18-32-19-25)26-11-6-16-34-28(21-7-3-2-4-8-21)27(33-29(26)34)20-12-14-24(15-13-20)35(30(31)36)23-9-5-10-23/h2-4,6-8,11-19,23H,5,9-10H2,1H3,(H2,31,36). The minimum atomic E-state index is -0.410. The third-order valence-corrected chi connectivity index (χ3v) is 7.05. The lowest BCUT2D eigenvalue weighted by atomic mass is 9.91. The fraction of sp³-hybridized carbons (Fsp3) is 0.167. The van der Waals surface area contributed by atoms with E-state index < -0.39 is 6.03 Å². The van der Waals surface area contributed by atoms with Crippen molar-refractivity contribution in [3.63, 3.8) is 0 Å². The Bertz CT molecular complexity index is 1570. The summed E-state index contributed by atoms with van der Waals surface area (Å²) in [5.74, 6) is 0.690. The first-order valence-corrected chi connectivity index (χ1v) is 12.4. The first kappa shape index (κ1) is 22.8. The lowest BCUT2D eigenvalue weighted by Crippen LogP contribution is -2.47. The van der Waals surface area contributed by atoms with Crippen LogP contribution in [0.1, 0.15) is 19.3 Å². The van der Waals surface area contributed by atoms with Crippen molar-refractivity contribution in [3.8, 4) is 39.4 Å². The highest BCUT2D eigenvalue weighted by atomic mass is 16.5. The van der Waals surface area contributed by atoms with E-state index in [4.69, 9.17) is 15.5 Å². The van der Waals surface area contributed by atoms with E-state index >= 15 is 0 Å². The number of hydrogen-bond donors (Lipinski definition) is 1. The van der Waals surface area contributed by atoms with Crippen LogP contribution in [0.5, 0.6) is 5.75 Å². The van der Waals surface area contributed by atoms with E-state index in [1.54, 1.807) is 18.2 Å². The molecular weight excluding hydrogens is 462 g/mol. The molecule has 2 N–H and O–H groups in total. The van der Waals surface area contributed by atoms with Crippen LogP contribution in [0.3, 0.4) is 0 Å². The first-order valence-electron chi connectivity index (χ1n) is 12.4. The highest BCUT2D eigenvalue weighted by Crippen LogP contribution is 2.37. The molecule has 0 radical (unpaired) electrons. The molecule has 3 aromatic heterocycles. The number of imidazole rings is 1. The number of urea groups is 1. The second kappa shape index (κ2) is 9.43. The number of primary amides is 1. The maximum absolute atomic E-state index is 12.2. The van der Waals surface area contributed by atoms with Crippen LogP contribution < -0.4 is 15.4 Å². The van der Waals surface area contributed by atoms with Crippen molar-refractivity contribution >= 4 is 17.4 Å². The zero-order valence-corrected chi connectivity index (χ0v) is 20.5. The number of hydrogen-bond acceptors (Lipinski definition) is 4. The Labute approximate surface area is 215 Å². The molecule has 1 aliphatic rings. The summed E-state index contributed by atoms with van der Waals surface area (Å²) >= 11 is 0. The third kappa shape index (κ3) is 4.08. The third-order valence-electron chi connectivity index (χ3n) is 7.05. The Morgan fingerprint density at radius 3 is 2.43 bits per heavy atom. The van der Waals surface area contributed by atoms with E-state index in [-0.39, 0.29) is 6.04 Å². The van der Waals surface area contributed by atoms with Gasteiger partial charge in [-0.1, -0.05) is 42.5 Å². The summed E-state index contributed by atoms with van der Waals surface area (Å²) in [5.41, 5.74) is 13.1. The molecule has 2 aromatic carbocycles. The van der Waals surface area contributed by atoms with E-state index in [0.29, 0.717) is 5.75 Å². The topological polar surface area (TPSA) is 85.8 Å². The van der Waals surface area contributed by atoms with Crippen LogP contribution in [0.2, 0.25) is 0 Å². The van der Waals surface area contributed by atoms with Crippen LogP contribution in [-0.2, 0) is 0 Å². The molecule has 0 unspecified atom stereocenters. The van der Waals surface area contributed by atoms with E-state index in [2.05, 4.69) is 21.5 Å². The zero-order valence-electron chi connectivity index (χ0n) is 20.5. The van der Waals surface area contributed by atoms with E-state index in [0.717, 1.165) is 64.2 Å². The van der Waals surface area contributed by atoms with Crippen LogP contribution in [-0.4, -0.2) is 33.6 Å². The Morgan fingerprint density at radius 1 is 0.973 bits per heavy atom. The van der Waals surface area contributed by atoms with Gasteiger partial charge < -0.3 is 10.5 Å². The van der Waals surface area contributed by atoms with E-state index in [1.807, 2.05) is 73.1 Å². The number of methoxy groups -OCH3 is 1. The molecule has 5 aromatic rings. The summed E-state index contributed by atoms with van der Waals surface area (Å²) in [6.07, 6.45) is 8.64. The molecule has 6 rings (SSSR count). The number of pyridine rings is 2. The van der Waals surface area contributed by atoms with Gasteiger partial charge in [-0.25, -0.2) is 9.78 Å². The maximum Gasteiger partial charge on any atom is 0.319 e. The second-order valence-corrected chi connectivity index (χ2v) is 9.24. The van der Waals surface area contributed by atoms with Gasteiger partial charge in [0.25, 0.3) is 0 Å². The molecule has 0 spiro atoms. The van der Waals surface area contributed by atoms with Gasteiger partial charge in [-0.05, 0) is 49.6 Å². The molecule has 1 saturated carbocycles. The van der Waals surface area contributed by atoms with Gasteiger partial charge in [-0.15, -0.1) is 0 Å². The molecule has 0 aliphatic heterocycles. The highest BCUT2D eigenvalue weighted by molar-refractivity contribution is 5.92. The van der Waals surface area contributed by atoms with Crippen molar-refractivity contribution in [3.05, 3.63) is 91.4 Å². The van der Waals surface area contributed by atoms with Crippen LogP contribution in [0.25, 0.3) is 39.3 Å². The number of aromatic nitrogens is 3. The molecule has 1 fully saturated rings. The summed E-state index contributed by atoms with van der Waals surface area (Å²) in [4.78, 5) is 23.4. The molecule has 0 bridgehead atoms. The molecule has 0 atom stereocenters. The predicted octanol–water partition coefficient (Wildman–Crippen LogP) is 6.18. The fourth-order valence-corrected chi connectivity index (χ4v) is 4.99. The molecule has 37 heavy (non-hydrogen) atoms. The molecule has 3 heterocycles. The predicted molar refractivity (Wildman–Crippen MR) is 146 cm³/mol. The fourth-order valence-electron chi connectivity index (χ4n) is 4.99. The Morgan fingerprint density at radius 2 is 1.76 bits per heavy atom. The second-order valence-electron chi connectivity index (χ2n) is 9.24. The summed E-state index contributed by atoms with van der Waals surface area (Å²) in [5, 5.41) is 0. The van der Waals surface area contributed by atoms with Gasteiger partial charge in [0.15, 0.2) is 0 Å². The minimum absolute atomic E-state index is 0.178. The number of benzene rings is 2. The summed E-state index contributed by atoms with van der Waals surface area (Å²) in [6.45, 7) is 0. The number of fused-ring (bicyclic) bond motifs is 1. The van der Waals surface area contributed by atoms with Crippen molar-refractivity contribution in [1.29, 1.82) is 0 Å². The number of nitrogens with two attached hydrogens (primary N) is 1. The number of amides is 2. The lowest BCUT2D eigenvalue weighted by Gasteiger charge is -2.36. The number of carbonyl (C=O) groups excluding carboxylic acids is 1. The van der Waals surface area contributed by atoms with E-state index in [9.17, 15) is 4.79 Å². The number of rotatable bonds is 6. The average Bonchev–Trinajstić information content (AvgIpc) is 3.31. The average molecular weight is 490 g/mol. The molecule has 7 heteroatoms. The van der Waals surface area contributed by atoms with Gasteiger partial charge in [0.1, 0.15) is 11.4 Å². The van der Waals surface area contributed by atoms with Gasteiger partial charge in [0.05, 0.1) is 24.7 Å². The minimum Gasteiger partial charge on any atom is -0.495 e. The largest absolute Gasteiger partial charge is 0.495 e. The van der Waals surface area contributed by atoms with Crippen LogP contribution >= 0.6 is 0 Å². The molecule has 1 aliphatic carbocycles. The number of anilines is 1. The lowest BCUT2D eigenvalue weighted by molar-refractivity contribution is 0.246. The Balaban J connectivity index is 1.51. The zero-order chi connectivity index (χ0) is 25.4. The van der Waals surface area contributed by atoms with Gasteiger partial charge in [0.2, 0.25) is 0 Å². The van der Waals surface area contributed by atoms with Crippen LogP contribution in [0, 0.1) is 0 Å². The normalized spacial score (nSPS) is 13.3. The van der Waals surface area contributed by atoms with Crippen LogP contribution in [0.15, 0.2) is 91.4 Å². The summed E-state index contributed by atoms with van der Waals surface area (Å²) in [6, 6.07) is 24.0. The van der Waals surface area contributed by atoms with Gasteiger partial charge in [-0.2, -0.15) is 0 Å². The summed E-state index contributed by atoms with van der Waals surface area (Å²) in [7, 11) is 1.64. The highest BCUT2D eigenvalue weighted by Gasteiger charge is 2.29. The number of carbonyl (C=O) groups is 1. The van der Waals surface area contributed by atoms with Crippen molar-refractivity contribution in [2.75, 3.05) is 12.0 Å². The smallest absolute Gasteiger partial charge is 0.319 e. The maximum atomic E-state index is 12.2. The molecule has 184 valence electrons. The Kier molecular flexibility index (Phi) is 5.81. The quantitative estimate of drug-likeness (QED) is 0.309. The van der Waals surface area contributed by atoms with Crippen molar-refractivity contribution in [2.24, 2.45) is 5.73 Å². The van der Waals surface area contributed by atoms with Gasteiger partial charge in [-0.3, -0.25) is 14.3 Å². The monoisotopic (exact) mass is 489 g/mol. The van der Waals surface area contributed by atoms with Gasteiger partial charge in [0, 0.05) is 46.4 Å². The Hall–Kier alpha value is -4.65. The first-order chi connectivity index (χ1) is 18.1. The number of ether oxygens (including phenoxy) is 1. The molecule has 0 saturated heterocycles. The molecule has 2 amide bonds. The van der Waals surface area contributed by atoms with Crippen molar-refractivity contribution in [2.45, 2.75) is 25.3 Å². The van der Waals surface area contributed by atoms with Crippen molar-refractivity contribution < 1.29 is 9.53 Å². The van der Waals surface area contributed by atoms with Crippen molar-refractivity contribution in [1.82, 2.24) is 14.4 Å². The SMILES string of the molecule is COc1cncc(-c2cccn3c(-c4ccccc4)c(-c4ccc(N(C(N)=O)C5CCC5)cc4)nc23)c1. The van der Waals surface area contributed by atoms with Crippen LogP contribution in [0.4, 0.5) is 10.5 Å².